The Morgan fingerprint density at radius 2 is 1.55 bits per heavy atom. The van der Waals surface area contributed by atoms with E-state index in [1.165, 1.54) is 12.1 Å². The average molecular weight is 537 g/mol. The molecule has 0 aliphatic carbocycles. The smallest absolute Gasteiger partial charge is 0.339 e. The third kappa shape index (κ3) is 5.35. The summed E-state index contributed by atoms with van der Waals surface area (Å²) >= 11 is 6.84. The number of rotatable bonds is 5. The Kier molecular flexibility index (Phi) is 6.61. The highest BCUT2D eigenvalue weighted by atomic mass is 79.9. The Hall–Kier alpha value is -1.96. The Labute approximate surface area is 188 Å². The lowest BCUT2D eigenvalue weighted by Gasteiger charge is -2.12. The normalized spacial score (nSPS) is 11.8. The van der Waals surface area contributed by atoms with Gasteiger partial charge >= 0.3 is 10.1 Å². The molecule has 0 fully saturated rings. The highest BCUT2D eigenvalue weighted by Gasteiger charge is 2.20. The first-order chi connectivity index (χ1) is 13.7. The topological polar surface area (TPSA) is 55.7 Å². The minimum absolute atomic E-state index is 0.0928. The molecular weight excluding hydrogens is 518 g/mol. The third-order valence-electron chi connectivity index (χ3n) is 4.23. The van der Waals surface area contributed by atoms with E-state index in [9.17, 15) is 8.42 Å². The summed E-state index contributed by atoms with van der Waals surface area (Å²) in [5, 5.41) is 0. The fourth-order valence-corrected chi connectivity index (χ4v) is 5.13. The van der Waals surface area contributed by atoms with Gasteiger partial charge in [0, 0.05) is 16.3 Å². The summed E-state index contributed by atoms with van der Waals surface area (Å²) in [7, 11) is -3.99. The highest BCUT2D eigenvalue weighted by molar-refractivity contribution is 9.11. The molecule has 0 aromatic heterocycles. The van der Waals surface area contributed by atoms with Crippen LogP contribution in [0.25, 0.3) is 0 Å². The molecule has 3 rings (SSSR count). The molecule has 0 radical (unpaired) electrons. The van der Waals surface area contributed by atoms with E-state index in [0.29, 0.717) is 10.0 Å². The zero-order valence-corrected chi connectivity index (χ0v) is 20.1. The number of benzene rings is 3. The van der Waals surface area contributed by atoms with Crippen molar-refractivity contribution >= 4 is 53.9 Å². The molecule has 0 aliphatic rings. The first kappa shape index (κ1) is 21.7. The van der Waals surface area contributed by atoms with Crippen LogP contribution in [0.1, 0.15) is 22.3 Å². The van der Waals surface area contributed by atoms with Crippen molar-refractivity contribution in [2.24, 2.45) is 4.99 Å². The Morgan fingerprint density at radius 1 is 0.897 bits per heavy atom. The van der Waals surface area contributed by atoms with Gasteiger partial charge < -0.3 is 4.18 Å². The van der Waals surface area contributed by atoms with Crippen LogP contribution in [0.2, 0.25) is 0 Å². The van der Waals surface area contributed by atoms with Crippen LogP contribution in [0.4, 0.5) is 5.69 Å². The Balaban J connectivity index is 2.01. The molecule has 0 aliphatic heterocycles. The summed E-state index contributed by atoms with van der Waals surface area (Å²) in [5.41, 5.74) is 4.49. The van der Waals surface area contributed by atoms with Crippen LogP contribution < -0.4 is 4.18 Å². The van der Waals surface area contributed by atoms with E-state index >= 15 is 0 Å². The van der Waals surface area contributed by atoms with Crippen molar-refractivity contribution < 1.29 is 12.6 Å². The van der Waals surface area contributed by atoms with E-state index in [1.54, 1.807) is 30.5 Å². The van der Waals surface area contributed by atoms with Crippen LogP contribution in [0.5, 0.6) is 5.75 Å². The third-order valence-corrected chi connectivity index (χ3v) is 6.52. The second-order valence-corrected chi connectivity index (χ2v) is 10.0. The number of aliphatic imine (C=N–C) groups is 1. The zero-order valence-electron chi connectivity index (χ0n) is 16.1. The molecule has 4 nitrogen and oxygen atoms in total. The van der Waals surface area contributed by atoms with Gasteiger partial charge in [-0.15, -0.1) is 0 Å². The second kappa shape index (κ2) is 8.81. The van der Waals surface area contributed by atoms with Gasteiger partial charge in [0.05, 0.1) is 10.2 Å². The minimum Gasteiger partial charge on any atom is -0.377 e. The van der Waals surface area contributed by atoms with Gasteiger partial charge in [-0.25, -0.2) is 0 Å². The van der Waals surface area contributed by atoms with E-state index in [4.69, 9.17) is 4.18 Å². The van der Waals surface area contributed by atoms with E-state index in [0.717, 1.165) is 26.9 Å². The second-order valence-electron chi connectivity index (χ2n) is 6.70. The molecule has 0 unspecified atom stereocenters. The van der Waals surface area contributed by atoms with Crippen molar-refractivity contribution in [1.82, 2.24) is 0 Å². The largest absolute Gasteiger partial charge is 0.377 e. The van der Waals surface area contributed by atoms with Gasteiger partial charge in [-0.05, 0) is 72.6 Å². The van der Waals surface area contributed by atoms with Gasteiger partial charge in [-0.1, -0.05) is 51.3 Å². The van der Waals surface area contributed by atoms with Crippen LogP contribution >= 0.6 is 31.9 Å². The van der Waals surface area contributed by atoms with Crippen molar-refractivity contribution in [3.63, 3.8) is 0 Å². The van der Waals surface area contributed by atoms with E-state index in [1.807, 2.05) is 39.0 Å². The first-order valence-corrected chi connectivity index (χ1v) is 11.8. The first-order valence-electron chi connectivity index (χ1n) is 8.77. The van der Waals surface area contributed by atoms with Gasteiger partial charge in [-0.3, -0.25) is 4.99 Å². The van der Waals surface area contributed by atoms with Crippen molar-refractivity contribution in [2.75, 3.05) is 0 Å². The molecule has 0 saturated carbocycles. The highest BCUT2D eigenvalue weighted by Crippen LogP contribution is 2.34. The molecule has 0 heterocycles. The van der Waals surface area contributed by atoms with Crippen LogP contribution in [0.3, 0.4) is 0 Å². The van der Waals surface area contributed by atoms with Crippen LogP contribution in [-0.4, -0.2) is 14.6 Å². The molecule has 0 atom stereocenters. The molecule has 0 bridgehead atoms. The molecule has 0 saturated heterocycles. The summed E-state index contributed by atoms with van der Waals surface area (Å²) in [4.78, 5) is 4.63. The molecule has 150 valence electrons. The average Bonchev–Trinajstić information content (AvgIpc) is 2.64. The van der Waals surface area contributed by atoms with Gasteiger partial charge in [0.1, 0.15) is 4.90 Å². The molecule has 7 heteroatoms. The monoisotopic (exact) mass is 535 g/mol. The quantitative estimate of drug-likeness (QED) is 0.271. The summed E-state index contributed by atoms with van der Waals surface area (Å²) in [6.45, 7) is 5.90. The van der Waals surface area contributed by atoms with Crippen molar-refractivity contribution in [2.45, 2.75) is 25.7 Å². The van der Waals surface area contributed by atoms with Gasteiger partial charge in [0.25, 0.3) is 0 Å². The predicted molar refractivity (Wildman–Crippen MR) is 124 cm³/mol. The summed E-state index contributed by atoms with van der Waals surface area (Å²) in [5.74, 6) is 0.183. The van der Waals surface area contributed by atoms with Crippen molar-refractivity contribution in [1.29, 1.82) is 0 Å². The van der Waals surface area contributed by atoms with Crippen LogP contribution in [-0.2, 0) is 10.1 Å². The lowest BCUT2D eigenvalue weighted by Crippen LogP contribution is -2.11. The van der Waals surface area contributed by atoms with E-state index < -0.39 is 10.1 Å². The van der Waals surface area contributed by atoms with Gasteiger partial charge in [-0.2, -0.15) is 8.42 Å². The van der Waals surface area contributed by atoms with Gasteiger partial charge in [0.15, 0.2) is 5.75 Å². The SMILES string of the molecule is Cc1ccc(S(=O)(=O)Oc2c(Br)cc(Br)cc2C=Nc2ccc(C)cc2C)cc1. The summed E-state index contributed by atoms with van der Waals surface area (Å²) in [6, 6.07) is 16.0. The van der Waals surface area contributed by atoms with E-state index in [2.05, 4.69) is 36.9 Å². The molecule has 3 aromatic rings. The number of nitrogens with zero attached hydrogens (tertiary/aromatic N) is 1. The molecule has 0 N–H and O–H groups in total. The summed E-state index contributed by atoms with van der Waals surface area (Å²) < 4.78 is 32.3. The number of halogens is 2. The zero-order chi connectivity index (χ0) is 21.2. The molecule has 0 amide bonds. The van der Waals surface area contributed by atoms with Gasteiger partial charge in [0.2, 0.25) is 0 Å². The lowest BCUT2D eigenvalue weighted by molar-refractivity contribution is 0.484. The minimum atomic E-state index is -3.99. The maximum Gasteiger partial charge on any atom is 0.339 e. The fraction of sp³-hybridized carbons (Fsp3) is 0.136. The van der Waals surface area contributed by atoms with E-state index in [-0.39, 0.29) is 10.6 Å². The number of hydrogen-bond acceptors (Lipinski definition) is 4. The fourth-order valence-electron chi connectivity index (χ4n) is 2.72. The number of hydrogen-bond donors (Lipinski definition) is 0. The lowest BCUT2D eigenvalue weighted by atomic mass is 10.1. The molecular formula is C22H19Br2NO3S. The maximum absolute atomic E-state index is 12.8. The molecule has 29 heavy (non-hydrogen) atoms. The van der Waals surface area contributed by atoms with Crippen LogP contribution in [0, 0.1) is 20.8 Å². The molecule has 0 spiro atoms. The maximum atomic E-state index is 12.8. The van der Waals surface area contributed by atoms with Crippen LogP contribution in [0.15, 0.2) is 73.4 Å². The number of aryl methyl sites for hydroxylation is 3. The van der Waals surface area contributed by atoms with Crippen molar-refractivity contribution in [3.8, 4) is 5.75 Å². The summed E-state index contributed by atoms with van der Waals surface area (Å²) in [6.07, 6.45) is 1.60. The Morgan fingerprint density at radius 3 is 2.21 bits per heavy atom. The standard InChI is InChI=1S/C22H19Br2NO3S/c1-14-4-7-19(8-5-14)29(26,27)28-22-17(11-18(23)12-20(22)24)13-25-21-9-6-15(2)10-16(21)3/h4-13H,1-3H3. The predicted octanol–water partition coefficient (Wildman–Crippen LogP) is 6.66. The Bertz CT molecular complexity index is 1190. The molecule has 3 aromatic carbocycles. The van der Waals surface area contributed by atoms with Crippen molar-refractivity contribution in [3.05, 3.63) is 85.8 Å².